The summed E-state index contributed by atoms with van der Waals surface area (Å²) in [7, 11) is -0.750. The van der Waals surface area contributed by atoms with Crippen molar-refractivity contribution in [3.63, 3.8) is 0 Å². The Morgan fingerprint density at radius 3 is 2.27 bits per heavy atom. The molecule has 0 aliphatic carbocycles. The molecule has 33 heavy (non-hydrogen) atoms. The Morgan fingerprint density at radius 2 is 1.70 bits per heavy atom. The lowest BCUT2D eigenvalue weighted by Crippen LogP contribution is -2.32. The standard InChI is InChI=1S/C23H28F2N2O5S/c1-26(16-17-7-9-18(10-8-17)32-23(24)25)22(28)20-15-19(11-12-21(20)31-2)33(29,30)27-13-5-3-4-6-14-27/h7-12,15,23H,3-6,13-14,16H2,1-2H3. The number of alkyl halides is 2. The highest BCUT2D eigenvalue weighted by atomic mass is 32.2. The van der Waals surface area contributed by atoms with E-state index in [1.165, 1.54) is 46.6 Å². The van der Waals surface area contributed by atoms with Crippen LogP contribution < -0.4 is 9.47 Å². The van der Waals surface area contributed by atoms with Crippen molar-refractivity contribution >= 4 is 15.9 Å². The molecule has 1 aliphatic rings. The molecular formula is C23H28F2N2O5S. The highest BCUT2D eigenvalue weighted by molar-refractivity contribution is 7.89. The molecule has 180 valence electrons. The smallest absolute Gasteiger partial charge is 0.387 e. The molecule has 0 atom stereocenters. The van der Waals surface area contributed by atoms with Gasteiger partial charge in [-0.05, 0) is 48.7 Å². The zero-order valence-corrected chi connectivity index (χ0v) is 19.5. The Morgan fingerprint density at radius 1 is 1.06 bits per heavy atom. The van der Waals surface area contributed by atoms with Crippen LogP contribution in [-0.4, -0.2) is 57.4 Å². The van der Waals surface area contributed by atoms with Crippen LogP contribution in [0.1, 0.15) is 41.6 Å². The summed E-state index contributed by atoms with van der Waals surface area (Å²) in [6, 6.07) is 10.3. The lowest BCUT2D eigenvalue weighted by molar-refractivity contribution is -0.0498. The van der Waals surface area contributed by atoms with E-state index in [1.807, 2.05) is 0 Å². The molecule has 1 amide bonds. The number of hydrogen-bond donors (Lipinski definition) is 0. The fraction of sp³-hybridized carbons (Fsp3) is 0.435. The number of benzene rings is 2. The van der Waals surface area contributed by atoms with E-state index in [4.69, 9.17) is 4.74 Å². The first-order valence-electron chi connectivity index (χ1n) is 10.7. The van der Waals surface area contributed by atoms with Gasteiger partial charge in [-0.1, -0.05) is 25.0 Å². The van der Waals surface area contributed by atoms with E-state index in [-0.39, 0.29) is 28.5 Å². The van der Waals surface area contributed by atoms with Crippen molar-refractivity contribution in [1.82, 2.24) is 9.21 Å². The van der Waals surface area contributed by atoms with E-state index in [9.17, 15) is 22.0 Å². The monoisotopic (exact) mass is 482 g/mol. The van der Waals surface area contributed by atoms with Crippen LogP contribution in [0.15, 0.2) is 47.4 Å². The maximum atomic E-state index is 13.2. The molecule has 0 N–H and O–H groups in total. The molecule has 2 aromatic carbocycles. The van der Waals surface area contributed by atoms with Gasteiger partial charge in [0.05, 0.1) is 17.6 Å². The van der Waals surface area contributed by atoms with Crippen molar-refractivity contribution in [2.24, 2.45) is 0 Å². The molecule has 1 fully saturated rings. The molecular weight excluding hydrogens is 454 g/mol. The Labute approximate surface area is 192 Å². The topological polar surface area (TPSA) is 76.2 Å². The summed E-state index contributed by atoms with van der Waals surface area (Å²) < 4.78 is 62.1. The maximum Gasteiger partial charge on any atom is 0.387 e. The van der Waals surface area contributed by atoms with Crippen LogP contribution in [0.25, 0.3) is 0 Å². The van der Waals surface area contributed by atoms with Crippen molar-refractivity contribution in [3.05, 3.63) is 53.6 Å². The quantitative estimate of drug-likeness (QED) is 0.566. The molecule has 0 spiro atoms. The summed E-state index contributed by atoms with van der Waals surface area (Å²) in [4.78, 5) is 14.6. The van der Waals surface area contributed by atoms with E-state index in [1.54, 1.807) is 19.2 Å². The van der Waals surface area contributed by atoms with Crippen LogP contribution in [0.5, 0.6) is 11.5 Å². The average molecular weight is 483 g/mol. The summed E-state index contributed by atoms with van der Waals surface area (Å²) in [6.45, 7) is -1.81. The van der Waals surface area contributed by atoms with Crippen LogP contribution in [0.3, 0.4) is 0 Å². The van der Waals surface area contributed by atoms with E-state index >= 15 is 0 Å². The van der Waals surface area contributed by atoms with Crippen molar-refractivity contribution in [1.29, 1.82) is 0 Å². The lowest BCUT2D eigenvalue weighted by atomic mass is 10.1. The second kappa shape index (κ2) is 10.9. The van der Waals surface area contributed by atoms with E-state index in [2.05, 4.69) is 4.74 Å². The number of rotatable bonds is 8. The second-order valence-corrected chi connectivity index (χ2v) is 9.80. The number of carbonyl (C=O) groups excluding carboxylic acids is 1. The Kier molecular flexibility index (Phi) is 8.25. The van der Waals surface area contributed by atoms with Crippen LogP contribution in [0.2, 0.25) is 0 Å². The number of hydrogen-bond acceptors (Lipinski definition) is 5. The molecule has 1 heterocycles. The van der Waals surface area contributed by atoms with Crippen LogP contribution in [0, 0.1) is 0 Å². The first-order chi connectivity index (χ1) is 15.7. The predicted octanol–water partition coefficient (Wildman–Crippen LogP) is 4.13. The van der Waals surface area contributed by atoms with Gasteiger partial charge in [0, 0.05) is 26.7 Å². The zero-order chi connectivity index (χ0) is 24.0. The highest BCUT2D eigenvalue weighted by Gasteiger charge is 2.27. The highest BCUT2D eigenvalue weighted by Crippen LogP contribution is 2.27. The molecule has 7 nitrogen and oxygen atoms in total. The van der Waals surface area contributed by atoms with E-state index in [0.29, 0.717) is 18.7 Å². The van der Waals surface area contributed by atoms with Gasteiger partial charge in [-0.3, -0.25) is 4.79 Å². The number of amides is 1. The first kappa shape index (κ1) is 24.9. The van der Waals surface area contributed by atoms with Gasteiger partial charge in [0.2, 0.25) is 10.0 Å². The normalized spacial score (nSPS) is 15.2. The average Bonchev–Trinajstić information content (AvgIpc) is 3.09. The molecule has 0 unspecified atom stereocenters. The third-order valence-corrected chi connectivity index (χ3v) is 7.41. The number of carbonyl (C=O) groups is 1. The summed E-state index contributed by atoms with van der Waals surface area (Å²) in [6.07, 6.45) is 3.62. The molecule has 0 radical (unpaired) electrons. The molecule has 0 saturated carbocycles. The number of nitrogens with zero attached hydrogens (tertiary/aromatic N) is 2. The maximum absolute atomic E-state index is 13.2. The molecule has 1 aliphatic heterocycles. The summed E-state index contributed by atoms with van der Waals surface area (Å²) in [5.41, 5.74) is 0.827. The minimum Gasteiger partial charge on any atom is -0.496 e. The van der Waals surface area contributed by atoms with Gasteiger partial charge in [-0.25, -0.2) is 8.42 Å². The predicted molar refractivity (Wildman–Crippen MR) is 119 cm³/mol. The zero-order valence-electron chi connectivity index (χ0n) is 18.7. The minimum absolute atomic E-state index is 0.0239. The second-order valence-electron chi connectivity index (χ2n) is 7.86. The summed E-state index contributed by atoms with van der Waals surface area (Å²) in [5.74, 6) is -0.133. The molecule has 0 aromatic heterocycles. The van der Waals surface area contributed by atoms with Gasteiger partial charge in [0.15, 0.2) is 0 Å². The first-order valence-corrected chi connectivity index (χ1v) is 12.1. The van der Waals surface area contributed by atoms with Crippen LogP contribution in [0.4, 0.5) is 8.78 Å². The van der Waals surface area contributed by atoms with E-state index < -0.39 is 22.5 Å². The van der Waals surface area contributed by atoms with Gasteiger partial charge >= 0.3 is 6.61 Å². The Hall–Kier alpha value is -2.72. The molecule has 2 aromatic rings. The molecule has 10 heteroatoms. The third kappa shape index (κ3) is 6.20. The van der Waals surface area contributed by atoms with Crippen LogP contribution in [-0.2, 0) is 16.6 Å². The van der Waals surface area contributed by atoms with Gasteiger partial charge in [0.25, 0.3) is 5.91 Å². The molecule has 0 bridgehead atoms. The minimum atomic E-state index is -3.73. The summed E-state index contributed by atoms with van der Waals surface area (Å²) in [5, 5.41) is 0. The van der Waals surface area contributed by atoms with Crippen molar-refractivity contribution in [3.8, 4) is 11.5 Å². The molecule has 1 saturated heterocycles. The summed E-state index contributed by atoms with van der Waals surface area (Å²) >= 11 is 0. The van der Waals surface area contributed by atoms with Crippen molar-refractivity contribution in [2.75, 3.05) is 27.2 Å². The van der Waals surface area contributed by atoms with Crippen molar-refractivity contribution in [2.45, 2.75) is 43.7 Å². The number of halogens is 2. The molecule has 3 rings (SSSR count). The van der Waals surface area contributed by atoms with Gasteiger partial charge < -0.3 is 14.4 Å². The van der Waals surface area contributed by atoms with E-state index in [0.717, 1.165) is 25.7 Å². The number of sulfonamides is 1. The number of ether oxygens (including phenoxy) is 2. The van der Waals surface area contributed by atoms with Gasteiger partial charge in [-0.2, -0.15) is 13.1 Å². The lowest BCUT2D eigenvalue weighted by Gasteiger charge is -2.22. The van der Waals surface area contributed by atoms with Crippen molar-refractivity contribution < 1.29 is 31.5 Å². The van der Waals surface area contributed by atoms with Crippen LogP contribution >= 0.6 is 0 Å². The largest absolute Gasteiger partial charge is 0.496 e. The van der Waals surface area contributed by atoms with Gasteiger partial charge in [0.1, 0.15) is 11.5 Å². The fourth-order valence-electron chi connectivity index (χ4n) is 3.77. The van der Waals surface area contributed by atoms with Gasteiger partial charge in [-0.15, -0.1) is 0 Å². The Balaban J connectivity index is 1.81. The Bertz CT molecular complexity index is 1050. The SMILES string of the molecule is COc1ccc(S(=O)(=O)N2CCCCCC2)cc1C(=O)N(C)Cc1ccc(OC(F)F)cc1. The third-order valence-electron chi connectivity index (χ3n) is 5.52. The number of methoxy groups -OCH3 is 1. The fourth-order valence-corrected chi connectivity index (χ4v) is 5.32.